The highest BCUT2D eigenvalue weighted by Gasteiger charge is 2.19. The smallest absolute Gasteiger partial charge is 0.291 e. The molecule has 0 aliphatic carbocycles. The molecule has 0 unspecified atom stereocenters. The van der Waals surface area contributed by atoms with Crippen molar-refractivity contribution in [3.8, 4) is 11.3 Å². The van der Waals surface area contributed by atoms with E-state index < -0.39 is 10.8 Å². The lowest BCUT2D eigenvalue weighted by molar-refractivity contribution is -0.384. The van der Waals surface area contributed by atoms with Gasteiger partial charge >= 0.3 is 0 Å². The standard InChI is InChI=1S/C24H16ClN3O5/c25-16-5-3-4-15(14-16)23(29)26-17-8-10-18(11-9-17)27-24(30)22-13-12-21(33-22)19-6-1-2-7-20(19)28(31)32/h1-14H,(H,26,29)(H,27,30). The van der Waals surface area contributed by atoms with Crippen molar-refractivity contribution < 1.29 is 18.9 Å². The van der Waals surface area contributed by atoms with Crippen LogP contribution in [-0.2, 0) is 0 Å². The Balaban J connectivity index is 1.42. The quantitative estimate of drug-likeness (QED) is 0.269. The van der Waals surface area contributed by atoms with Crippen molar-refractivity contribution in [3.05, 3.63) is 111 Å². The molecule has 1 heterocycles. The summed E-state index contributed by atoms with van der Waals surface area (Å²) in [6, 6.07) is 22.2. The Morgan fingerprint density at radius 2 is 1.48 bits per heavy atom. The van der Waals surface area contributed by atoms with Gasteiger partial charge in [-0.2, -0.15) is 0 Å². The zero-order valence-corrected chi connectivity index (χ0v) is 17.7. The third-order valence-electron chi connectivity index (χ3n) is 4.68. The summed E-state index contributed by atoms with van der Waals surface area (Å²) in [6.45, 7) is 0. The van der Waals surface area contributed by atoms with Crippen LogP contribution in [0.25, 0.3) is 11.3 Å². The molecule has 4 rings (SSSR count). The van der Waals surface area contributed by atoms with Crippen LogP contribution in [0.3, 0.4) is 0 Å². The SMILES string of the molecule is O=C(Nc1ccc(NC(=O)c2ccc(-c3ccccc3[N+](=O)[O-])o2)cc1)c1cccc(Cl)c1. The monoisotopic (exact) mass is 461 g/mol. The minimum absolute atomic E-state index is 0.00138. The van der Waals surface area contributed by atoms with Gasteiger partial charge < -0.3 is 15.1 Å². The molecule has 4 aromatic rings. The summed E-state index contributed by atoms with van der Waals surface area (Å²) < 4.78 is 5.55. The van der Waals surface area contributed by atoms with Crippen molar-refractivity contribution >= 4 is 40.5 Å². The van der Waals surface area contributed by atoms with Crippen molar-refractivity contribution in [2.24, 2.45) is 0 Å². The van der Waals surface area contributed by atoms with Crippen molar-refractivity contribution in [1.29, 1.82) is 0 Å². The maximum absolute atomic E-state index is 12.5. The number of anilines is 2. The molecular formula is C24H16ClN3O5. The van der Waals surface area contributed by atoms with E-state index in [2.05, 4.69) is 10.6 Å². The van der Waals surface area contributed by atoms with Crippen molar-refractivity contribution in [1.82, 2.24) is 0 Å². The number of carbonyl (C=O) groups is 2. The Kier molecular flexibility index (Phi) is 6.19. The Hall–Kier alpha value is -4.43. The van der Waals surface area contributed by atoms with Gasteiger partial charge in [-0.25, -0.2) is 0 Å². The molecule has 0 aliphatic heterocycles. The maximum atomic E-state index is 12.5. The highest BCUT2D eigenvalue weighted by molar-refractivity contribution is 6.31. The van der Waals surface area contributed by atoms with Crippen LogP contribution in [-0.4, -0.2) is 16.7 Å². The summed E-state index contributed by atoms with van der Waals surface area (Å²) in [5.74, 6) is -0.615. The van der Waals surface area contributed by atoms with Gasteiger partial charge in [-0.15, -0.1) is 0 Å². The first kappa shape index (κ1) is 21.8. The van der Waals surface area contributed by atoms with Crippen LogP contribution in [0.1, 0.15) is 20.9 Å². The normalized spacial score (nSPS) is 10.5. The van der Waals surface area contributed by atoms with E-state index in [0.717, 1.165) is 0 Å². The summed E-state index contributed by atoms with van der Waals surface area (Å²) in [7, 11) is 0. The fraction of sp³-hybridized carbons (Fsp3) is 0. The molecule has 0 saturated heterocycles. The molecule has 2 N–H and O–H groups in total. The highest BCUT2D eigenvalue weighted by atomic mass is 35.5. The molecule has 2 amide bonds. The molecule has 8 nitrogen and oxygen atoms in total. The number of nitrogens with zero attached hydrogens (tertiary/aromatic N) is 1. The number of hydrogen-bond acceptors (Lipinski definition) is 5. The molecule has 0 fully saturated rings. The Labute approximate surface area is 193 Å². The van der Waals surface area contributed by atoms with Gasteiger partial charge in [0, 0.05) is 28.0 Å². The average Bonchev–Trinajstić information content (AvgIpc) is 3.31. The van der Waals surface area contributed by atoms with Crippen LogP contribution >= 0.6 is 11.6 Å². The van der Waals surface area contributed by atoms with Crippen LogP contribution in [0.4, 0.5) is 17.1 Å². The van der Waals surface area contributed by atoms with E-state index in [1.54, 1.807) is 66.7 Å². The average molecular weight is 462 g/mol. The van der Waals surface area contributed by atoms with E-state index >= 15 is 0 Å². The molecule has 0 saturated carbocycles. The number of benzene rings is 3. The van der Waals surface area contributed by atoms with Gasteiger partial charge in [-0.05, 0) is 60.7 Å². The Morgan fingerprint density at radius 3 is 2.15 bits per heavy atom. The number of halogens is 1. The van der Waals surface area contributed by atoms with E-state index in [-0.39, 0.29) is 28.7 Å². The first-order valence-corrected chi connectivity index (χ1v) is 10.1. The van der Waals surface area contributed by atoms with E-state index in [0.29, 0.717) is 22.0 Å². The molecule has 3 aromatic carbocycles. The number of carbonyl (C=O) groups excluding carboxylic acids is 2. The van der Waals surface area contributed by atoms with E-state index in [1.165, 1.54) is 18.2 Å². The van der Waals surface area contributed by atoms with Gasteiger partial charge in [-0.1, -0.05) is 29.8 Å². The summed E-state index contributed by atoms with van der Waals surface area (Å²) >= 11 is 5.91. The van der Waals surface area contributed by atoms with Crippen LogP contribution in [0.2, 0.25) is 5.02 Å². The van der Waals surface area contributed by atoms with E-state index in [4.69, 9.17) is 16.0 Å². The second-order valence-corrected chi connectivity index (χ2v) is 7.37. The minimum atomic E-state index is -0.518. The number of nitro benzene ring substituents is 1. The van der Waals surface area contributed by atoms with Gasteiger partial charge in [0.1, 0.15) is 5.76 Å². The number of para-hydroxylation sites is 1. The van der Waals surface area contributed by atoms with Crippen LogP contribution in [0.5, 0.6) is 0 Å². The van der Waals surface area contributed by atoms with Gasteiger partial charge in [0.25, 0.3) is 17.5 Å². The third-order valence-corrected chi connectivity index (χ3v) is 4.92. The van der Waals surface area contributed by atoms with E-state index in [1.807, 2.05) is 0 Å². The van der Waals surface area contributed by atoms with Gasteiger partial charge in [0.2, 0.25) is 0 Å². The third kappa shape index (κ3) is 5.08. The Morgan fingerprint density at radius 1 is 0.818 bits per heavy atom. The van der Waals surface area contributed by atoms with Gasteiger partial charge in [-0.3, -0.25) is 19.7 Å². The van der Waals surface area contributed by atoms with Gasteiger partial charge in [0.05, 0.1) is 10.5 Å². The Bertz CT molecular complexity index is 1350. The van der Waals surface area contributed by atoms with Gasteiger partial charge in [0.15, 0.2) is 5.76 Å². The number of hydrogen-bond donors (Lipinski definition) is 2. The van der Waals surface area contributed by atoms with Crippen LogP contribution < -0.4 is 10.6 Å². The minimum Gasteiger partial charge on any atom is -0.451 e. The molecule has 1 aromatic heterocycles. The zero-order chi connectivity index (χ0) is 23.4. The predicted octanol–water partition coefficient (Wildman–Crippen LogP) is 6.01. The number of amides is 2. The number of nitro groups is 1. The lowest BCUT2D eigenvalue weighted by Gasteiger charge is -2.08. The van der Waals surface area contributed by atoms with Crippen molar-refractivity contribution in [3.63, 3.8) is 0 Å². The van der Waals surface area contributed by atoms with Crippen LogP contribution in [0.15, 0.2) is 89.3 Å². The number of nitrogens with one attached hydrogen (secondary N) is 2. The maximum Gasteiger partial charge on any atom is 0.291 e. The second kappa shape index (κ2) is 9.37. The molecule has 9 heteroatoms. The molecule has 0 bridgehead atoms. The summed E-state index contributed by atoms with van der Waals surface area (Å²) in [5.41, 5.74) is 1.60. The van der Waals surface area contributed by atoms with Crippen molar-refractivity contribution in [2.45, 2.75) is 0 Å². The second-order valence-electron chi connectivity index (χ2n) is 6.93. The molecular weight excluding hydrogens is 446 g/mol. The first-order chi connectivity index (χ1) is 15.9. The first-order valence-electron chi connectivity index (χ1n) is 9.73. The summed E-state index contributed by atoms with van der Waals surface area (Å²) in [4.78, 5) is 35.6. The molecule has 0 radical (unpaired) electrons. The molecule has 0 atom stereocenters. The van der Waals surface area contributed by atoms with Crippen molar-refractivity contribution in [2.75, 3.05) is 10.6 Å². The number of furan rings is 1. The largest absolute Gasteiger partial charge is 0.451 e. The lowest BCUT2D eigenvalue weighted by atomic mass is 10.1. The lowest BCUT2D eigenvalue weighted by Crippen LogP contribution is -2.12. The topological polar surface area (TPSA) is 114 Å². The zero-order valence-electron chi connectivity index (χ0n) is 16.9. The fourth-order valence-electron chi connectivity index (χ4n) is 3.11. The fourth-order valence-corrected chi connectivity index (χ4v) is 3.30. The highest BCUT2D eigenvalue weighted by Crippen LogP contribution is 2.31. The predicted molar refractivity (Wildman–Crippen MR) is 125 cm³/mol. The molecule has 164 valence electrons. The number of rotatable bonds is 6. The van der Waals surface area contributed by atoms with Crippen LogP contribution in [0, 0.1) is 10.1 Å². The molecule has 33 heavy (non-hydrogen) atoms. The molecule has 0 spiro atoms. The summed E-state index contributed by atoms with van der Waals surface area (Å²) in [5, 5.41) is 17.1. The summed E-state index contributed by atoms with van der Waals surface area (Å²) in [6.07, 6.45) is 0. The van der Waals surface area contributed by atoms with E-state index in [9.17, 15) is 19.7 Å². The molecule has 0 aliphatic rings.